The van der Waals surface area contributed by atoms with Gasteiger partial charge >= 0.3 is 5.97 Å². The van der Waals surface area contributed by atoms with Crippen LogP contribution in [0.25, 0.3) is 0 Å². The van der Waals surface area contributed by atoms with E-state index in [1.807, 2.05) is 19.1 Å². The highest BCUT2D eigenvalue weighted by Crippen LogP contribution is 2.03. The first kappa shape index (κ1) is 15.4. The average Bonchev–Trinajstić information content (AvgIpc) is 2.47. The van der Waals surface area contributed by atoms with E-state index in [1.165, 1.54) is 12.7 Å². The summed E-state index contributed by atoms with van der Waals surface area (Å²) < 4.78 is 4.70. The first-order valence-electron chi connectivity index (χ1n) is 6.80. The van der Waals surface area contributed by atoms with Crippen LogP contribution in [0, 0.1) is 0 Å². The van der Waals surface area contributed by atoms with Crippen LogP contribution in [0.15, 0.2) is 42.0 Å². The molecule has 0 radical (unpaired) electrons. The van der Waals surface area contributed by atoms with Gasteiger partial charge in [0.25, 0.3) is 0 Å². The fourth-order valence-electron chi connectivity index (χ4n) is 1.86. The molecule has 1 N–H and O–H groups in total. The van der Waals surface area contributed by atoms with Crippen molar-refractivity contribution in [1.29, 1.82) is 0 Å². The molecule has 19 heavy (non-hydrogen) atoms. The van der Waals surface area contributed by atoms with Gasteiger partial charge < -0.3 is 10.1 Å². The first-order chi connectivity index (χ1) is 9.27. The van der Waals surface area contributed by atoms with Gasteiger partial charge in [-0.15, -0.1) is 0 Å². The minimum absolute atomic E-state index is 0.228. The predicted octanol–water partition coefficient (Wildman–Crippen LogP) is 2.72. The number of methoxy groups -OCH3 is 1. The number of carbonyl (C=O) groups is 1. The summed E-state index contributed by atoms with van der Waals surface area (Å²) in [6, 6.07) is 10.5. The molecular formula is C16H23NO2. The average molecular weight is 261 g/mol. The quantitative estimate of drug-likeness (QED) is 0.444. The van der Waals surface area contributed by atoms with Crippen molar-refractivity contribution in [2.75, 3.05) is 20.2 Å². The molecule has 0 fully saturated rings. The lowest BCUT2D eigenvalue weighted by molar-refractivity contribution is -0.136. The number of aryl methyl sites for hydroxylation is 1. The molecule has 0 spiro atoms. The molecule has 0 unspecified atom stereocenters. The molecule has 3 heteroatoms. The third-order valence-corrected chi connectivity index (χ3v) is 2.98. The van der Waals surface area contributed by atoms with Gasteiger partial charge in [0.1, 0.15) is 0 Å². The molecule has 0 amide bonds. The number of rotatable bonds is 8. The lowest BCUT2D eigenvalue weighted by atomic mass is 10.1. The zero-order valence-electron chi connectivity index (χ0n) is 11.8. The van der Waals surface area contributed by atoms with Crippen LogP contribution in [0.1, 0.15) is 25.3 Å². The third kappa shape index (κ3) is 6.20. The maximum atomic E-state index is 11.3. The summed E-state index contributed by atoms with van der Waals surface area (Å²) in [6.07, 6.45) is 4.79. The maximum absolute atomic E-state index is 11.3. The Balaban J connectivity index is 2.17. The molecule has 0 bridgehead atoms. The van der Waals surface area contributed by atoms with Crippen LogP contribution in [-0.2, 0) is 16.0 Å². The lowest BCUT2D eigenvalue weighted by Crippen LogP contribution is -2.17. The molecule has 3 nitrogen and oxygen atoms in total. The van der Waals surface area contributed by atoms with Gasteiger partial charge in [-0.05, 0) is 31.4 Å². The highest BCUT2D eigenvalue weighted by molar-refractivity contribution is 5.88. The molecule has 0 saturated carbocycles. The van der Waals surface area contributed by atoms with Crippen molar-refractivity contribution < 1.29 is 9.53 Å². The van der Waals surface area contributed by atoms with Gasteiger partial charge in [0, 0.05) is 12.1 Å². The van der Waals surface area contributed by atoms with Gasteiger partial charge in [0.15, 0.2) is 0 Å². The van der Waals surface area contributed by atoms with Gasteiger partial charge in [0.05, 0.1) is 7.11 Å². The van der Waals surface area contributed by atoms with Gasteiger partial charge in [-0.3, -0.25) is 0 Å². The zero-order chi connectivity index (χ0) is 13.9. The zero-order valence-corrected chi connectivity index (χ0v) is 11.8. The maximum Gasteiger partial charge on any atom is 0.333 e. The van der Waals surface area contributed by atoms with E-state index >= 15 is 0 Å². The van der Waals surface area contributed by atoms with E-state index in [1.54, 1.807) is 0 Å². The molecule has 0 saturated heterocycles. The Morgan fingerprint density at radius 3 is 2.68 bits per heavy atom. The topological polar surface area (TPSA) is 38.3 Å². The normalized spacial score (nSPS) is 11.4. The van der Waals surface area contributed by atoms with Crippen LogP contribution >= 0.6 is 0 Å². The van der Waals surface area contributed by atoms with Gasteiger partial charge in [-0.25, -0.2) is 4.79 Å². The Hall–Kier alpha value is -1.61. The summed E-state index contributed by atoms with van der Waals surface area (Å²) in [7, 11) is 1.42. The molecule has 0 aromatic heterocycles. The van der Waals surface area contributed by atoms with Crippen LogP contribution in [0.2, 0.25) is 0 Å². The van der Waals surface area contributed by atoms with E-state index in [-0.39, 0.29) is 5.97 Å². The highest BCUT2D eigenvalue weighted by atomic mass is 16.5. The molecular weight excluding hydrogens is 238 g/mol. The Morgan fingerprint density at radius 1 is 1.32 bits per heavy atom. The number of hydrogen-bond acceptors (Lipinski definition) is 3. The number of carbonyl (C=O) groups excluding carboxylic acids is 1. The van der Waals surface area contributed by atoms with Crippen molar-refractivity contribution in [3.05, 3.63) is 47.5 Å². The number of hydrogen-bond donors (Lipinski definition) is 1. The van der Waals surface area contributed by atoms with E-state index in [9.17, 15) is 4.79 Å². The lowest BCUT2D eigenvalue weighted by Gasteiger charge is -2.04. The Bertz CT molecular complexity index is 398. The monoisotopic (exact) mass is 261 g/mol. The molecule has 1 aromatic carbocycles. The number of ether oxygens (including phenoxy) is 1. The van der Waals surface area contributed by atoms with E-state index < -0.39 is 0 Å². The van der Waals surface area contributed by atoms with Crippen LogP contribution in [-0.4, -0.2) is 26.2 Å². The van der Waals surface area contributed by atoms with Crippen LogP contribution < -0.4 is 5.32 Å². The van der Waals surface area contributed by atoms with Crippen molar-refractivity contribution in [2.24, 2.45) is 0 Å². The molecule has 0 aliphatic rings. The molecule has 0 atom stereocenters. The fraction of sp³-hybridized carbons (Fsp3) is 0.438. The van der Waals surface area contributed by atoms with Crippen molar-refractivity contribution in [2.45, 2.75) is 26.2 Å². The second kappa shape index (κ2) is 9.34. The number of benzene rings is 1. The Kier molecular flexibility index (Phi) is 7.59. The number of nitrogens with one attached hydrogen (secondary N) is 1. The Labute approximate surface area is 115 Å². The van der Waals surface area contributed by atoms with Crippen LogP contribution in [0.3, 0.4) is 0 Å². The first-order valence-corrected chi connectivity index (χ1v) is 6.80. The molecule has 0 aliphatic carbocycles. The Morgan fingerprint density at radius 2 is 2.05 bits per heavy atom. The van der Waals surface area contributed by atoms with Gasteiger partial charge in [-0.2, -0.15) is 0 Å². The summed E-state index contributed by atoms with van der Waals surface area (Å²) in [6.45, 7) is 3.62. The summed E-state index contributed by atoms with van der Waals surface area (Å²) in [4.78, 5) is 11.3. The second-order valence-corrected chi connectivity index (χ2v) is 4.37. The minimum Gasteiger partial charge on any atom is -0.466 e. The SMILES string of the molecule is CC/C(=C/CNCCCc1ccccc1)C(=O)OC. The van der Waals surface area contributed by atoms with E-state index in [4.69, 9.17) is 4.74 Å². The summed E-state index contributed by atoms with van der Waals surface area (Å²) >= 11 is 0. The summed E-state index contributed by atoms with van der Waals surface area (Å²) in [5, 5.41) is 3.32. The van der Waals surface area contributed by atoms with Gasteiger partial charge in [0.2, 0.25) is 0 Å². The molecule has 1 aromatic rings. The van der Waals surface area contributed by atoms with E-state index in [0.29, 0.717) is 13.0 Å². The number of esters is 1. The standard InChI is InChI=1S/C16H23NO2/c1-3-15(16(18)19-2)11-13-17-12-7-10-14-8-5-4-6-9-14/h4-6,8-9,11,17H,3,7,10,12-13H2,1-2H3/b15-11-. The molecule has 104 valence electrons. The molecule has 0 aliphatic heterocycles. The van der Waals surface area contributed by atoms with Gasteiger partial charge in [-0.1, -0.05) is 43.3 Å². The van der Waals surface area contributed by atoms with Crippen molar-refractivity contribution in [1.82, 2.24) is 5.32 Å². The highest BCUT2D eigenvalue weighted by Gasteiger charge is 2.05. The van der Waals surface area contributed by atoms with Crippen LogP contribution in [0.4, 0.5) is 0 Å². The molecule has 1 rings (SSSR count). The molecule has 0 heterocycles. The fourth-order valence-corrected chi connectivity index (χ4v) is 1.86. The minimum atomic E-state index is -0.228. The van der Waals surface area contributed by atoms with Crippen molar-refractivity contribution >= 4 is 5.97 Å². The second-order valence-electron chi connectivity index (χ2n) is 4.37. The predicted molar refractivity (Wildman–Crippen MR) is 78.0 cm³/mol. The largest absolute Gasteiger partial charge is 0.466 e. The van der Waals surface area contributed by atoms with Crippen molar-refractivity contribution in [3.8, 4) is 0 Å². The van der Waals surface area contributed by atoms with Crippen molar-refractivity contribution in [3.63, 3.8) is 0 Å². The van der Waals surface area contributed by atoms with Crippen LogP contribution in [0.5, 0.6) is 0 Å². The third-order valence-electron chi connectivity index (χ3n) is 2.98. The smallest absolute Gasteiger partial charge is 0.333 e. The summed E-state index contributed by atoms with van der Waals surface area (Å²) in [5.74, 6) is -0.228. The summed E-state index contributed by atoms with van der Waals surface area (Å²) in [5.41, 5.74) is 2.10. The van der Waals surface area contributed by atoms with E-state index in [2.05, 4.69) is 29.6 Å². The van der Waals surface area contributed by atoms with E-state index in [0.717, 1.165) is 25.0 Å².